The molecule has 0 bridgehead atoms. The van der Waals surface area contributed by atoms with Gasteiger partial charge >= 0.3 is 6.09 Å². The van der Waals surface area contributed by atoms with E-state index < -0.39 is 6.09 Å². The maximum absolute atomic E-state index is 11.8. The molecule has 4 heteroatoms. The van der Waals surface area contributed by atoms with Crippen LogP contribution in [-0.4, -0.2) is 22.5 Å². The Hall–Kier alpha value is -2.10. The summed E-state index contributed by atoms with van der Waals surface area (Å²) < 4.78 is 6.28. The molecule has 0 radical (unpaired) electrons. The van der Waals surface area contributed by atoms with E-state index in [1.165, 1.54) is 10.2 Å². The Morgan fingerprint density at radius 2 is 1.85 bits per heavy atom. The van der Waals surface area contributed by atoms with Gasteiger partial charge in [0, 0.05) is 5.56 Å². The zero-order valence-electron chi connectivity index (χ0n) is 12.4. The Balaban J connectivity index is 2.33. The quantitative estimate of drug-likeness (QED) is 0.834. The molecule has 0 fully saturated rings. The van der Waals surface area contributed by atoms with Gasteiger partial charge in [-0.2, -0.15) is 9.78 Å². The van der Waals surface area contributed by atoms with Gasteiger partial charge in [0.1, 0.15) is 0 Å². The van der Waals surface area contributed by atoms with Gasteiger partial charge in [0.25, 0.3) is 0 Å². The van der Waals surface area contributed by atoms with Crippen molar-refractivity contribution < 1.29 is 9.53 Å². The van der Waals surface area contributed by atoms with E-state index in [1.54, 1.807) is 13.1 Å². The number of ether oxygens (including phenoxy) is 1. The van der Waals surface area contributed by atoms with E-state index in [0.717, 1.165) is 11.3 Å². The van der Waals surface area contributed by atoms with Crippen molar-refractivity contribution in [3.8, 4) is 11.3 Å². The van der Waals surface area contributed by atoms with Crippen molar-refractivity contribution in [3.63, 3.8) is 0 Å². The second-order valence-corrected chi connectivity index (χ2v) is 5.65. The molecule has 0 aliphatic carbocycles. The lowest BCUT2D eigenvalue weighted by Crippen LogP contribution is -2.16. The third-order valence-electron chi connectivity index (χ3n) is 3.13. The van der Waals surface area contributed by atoms with Gasteiger partial charge in [-0.25, -0.2) is 4.79 Å². The Morgan fingerprint density at radius 1 is 1.20 bits per heavy atom. The number of nitrogens with zero attached hydrogens (tertiary/aromatic N) is 2. The molecule has 0 amide bonds. The van der Waals surface area contributed by atoms with Gasteiger partial charge in [-0.3, -0.25) is 0 Å². The average Bonchev–Trinajstić information content (AvgIpc) is 2.87. The van der Waals surface area contributed by atoms with Gasteiger partial charge in [0.2, 0.25) is 0 Å². The molecule has 0 aliphatic rings. The second-order valence-electron chi connectivity index (χ2n) is 5.65. The molecule has 2 aromatic rings. The van der Waals surface area contributed by atoms with Crippen molar-refractivity contribution in [3.05, 3.63) is 42.1 Å². The van der Waals surface area contributed by atoms with Crippen molar-refractivity contribution >= 4 is 6.09 Å². The summed E-state index contributed by atoms with van der Waals surface area (Å²) in [5.74, 6) is 0. The van der Waals surface area contributed by atoms with E-state index in [0.29, 0.717) is 6.61 Å². The molecule has 106 valence electrons. The number of carbonyl (C=O) groups is 1. The number of carbonyl (C=O) groups excluding carboxylic acids is 1. The number of benzene rings is 1. The summed E-state index contributed by atoms with van der Waals surface area (Å²) in [5.41, 5.74) is 3.05. The Labute approximate surface area is 119 Å². The Kier molecular flexibility index (Phi) is 3.93. The summed E-state index contributed by atoms with van der Waals surface area (Å²) in [4.78, 5) is 11.8. The fraction of sp³-hybridized carbons (Fsp3) is 0.375. The van der Waals surface area contributed by atoms with Crippen LogP contribution in [-0.2, 0) is 10.2 Å². The Bertz CT molecular complexity index is 592. The average molecular weight is 272 g/mol. The maximum atomic E-state index is 11.8. The molecule has 1 heterocycles. The third kappa shape index (κ3) is 2.90. The maximum Gasteiger partial charge on any atom is 0.435 e. The first-order valence-corrected chi connectivity index (χ1v) is 6.75. The van der Waals surface area contributed by atoms with Gasteiger partial charge in [0.05, 0.1) is 18.5 Å². The summed E-state index contributed by atoms with van der Waals surface area (Å²) in [6, 6.07) is 9.99. The highest BCUT2D eigenvalue weighted by Crippen LogP contribution is 2.26. The van der Waals surface area contributed by atoms with Crippen molar-refractivity contribution in [2.24, 2.45) is 0 Å². The van der Waals surface area contributed by atoms with Gasteiger partial charge in [0.15, 0.2) is 0 Å². The smallest absolute Gasteiger partial charge is 0.435 e. The fourth-order valence-corrected chi connectivity index (χ4v) is 1.99. The summed E-state index contributed by atoms with van der Waals surface area (Å²) in [5, 5.41) is 4.02. The van der Waals surface area contributed by atoms with E-state index in [4.69, 9.17) is 4.74 Å². The SMILES string of the molecule is CCOC(=O)n1nccc1-c1ccc(C(C)(C)C)cc1. The van der Waals surface area contributed by atoms with Gasteiger partial charge in [-0.15, -0.1) is 0 Å². The largest absolute Gasteiger partial charge is 0.448 e. The van der Waals surface area contributed by atoms with Crippen LogP contribution in [0.15, 0.2) is 36.5 Å². The first-order chi connectivity index (χ1) is 9.43. The minimum absolute atomic E-state index is 0.111. The lowest BCUT2D eigenvalue weighted by Gasteiger charge is -2.19. The fourth-order valence-electron chi connectivity index (χ4n) is 1.99. The minimum atomic E-state index is -0.451. The van der Waals surface area contributed by atoms with Crippen molar-refractivity contribution in [1.82, 2.24) is 9.78 Å². The van der Waals surface area contributed by atoms with Crippen LogP contribution in [0.4, 0.5) is 4.79 Å². The van der Waals surface area contributed by atoms with Crippen LogP contribution in [0.3, 0.4) is 0 Å². The summed E-state index contributed by atoms with van der Waals surface area (Å²) in [6.07, 6.45) is 1.15. The predicted octanol–water partition coefficient (Wildman–Crippen LogP) is 3.85. The number of aromatic nitrogens is 2. The molecule has 0 aliphatic heterocycles. The zero-order chi connectivity index (χ0) is 14.8. The van der Waals surface area contributed by atoms with Crippen LogP contribution in [0.5, 0.6) is 0 Å². The van der Waals surface area contributed by atoms with Gasteiger partial charge < -0.3 is 4.74 Å². The van der Waals surface area contributed by atoms with Crippen LogP contribution in [0, 0.1) is 0 Å². The number of rotatable bonds is 2. The number of hydrogen-bond acceptors (Lipinski definition) is 3. The van der Waals surface area contributed by atoms with Gasteiger partial charge in [-0.1, -0.05) is 45.0 Å². The first-order valence-electron chi connectivity index (χ1n) is 6.75. The topological polar surface area (TPSA) is 44.1 Å². The molecular weight excluding hydrogens is 252 g/mol. The monoisotopic (exact) mass is 272 g/mol. The molecule has 0 saturated heterocycles. The van der Waals surface area contributed by atoms with E-state index in [2.05, 4.69) is 38.0 Å². The second kappa shape index (κ2) is 5.49. The predicted molar refractivity (Wildman–Crippen MR) is 78.8 cm³/mol. The lowest BCUT2D eigenvalue weighted by atomic mass is 9.86. The van der Waals surface area contributed by atoms with Crippen LogP contribution < -0.4 is 0 Å². The molecule has 0 unspecified atom stereocenters. The molecule has 20 heavy (non-hydrogen) atoms. The molecule has 2 rings (SSSR count). The standard InChI is InChI=1S/C16H20N2O2/c1-5-20-15(19)18-14(10-11-17-18)12-6-8-13(9-7-12)16(2,3)4/h6-11H,5H2,1-4H3. The summed E-state index contributed by atoms with van der Waals surface area (Å²) in [7, 11) is 0. The van der Waals surface area contributed by atoms with E-state index in [1.807, 2.05) is 18.2 Å². The highest BCUT2D eigenvalue weighted by Gasteiger charge is 2.16. The summed E-state index contributed by atoms with van der Waals surface area (Å²) >= 11 is 0. The molecule has 4 nitrogen and oxygen atoms in total. The molecule has 1 aromatic heterocycles. The molecular formula is C16H20N2O2. The van der Waals surface area contributed by atoms with E-state index >= 15 is 0 Å². The van der Waals surface area contributed by atoms with E-state index in [-0.39, 0.29) is 5.41 Å². The molecule has 1 aromatic carbocycles. The van der Waals surface area contributed by atoms with Crippen LogP contribution in [0.25, 0.3) is 11.3 Å². The highest BCUT2D eigenvalue weighted by atomic mass is 16.5. The molecule has 0 N–H and O–H groups in total. The first kappa shape index (κ1) is 14.3. The van der Waals surface area contributed by atoms with Crippen molar-refractivity contribution in [2.75, 3.05) is 6.61 Å². The zero-order valence-corrected chi connectivity index (χ0v) is 12.4. The number of hydrogen-bond donors (Lipinski definition) is 0. The van der Waals surface area contributed by atoms with Crippen LogP contribution >= 0.6 is 0 Å². The van der Waals surface area contributed by atoms with Crippen molar-refractivity contribution in [2.45, 2.75) is 33.1 Å². The van der Waals surface area contributed by atoms with Crippen LogP contribution in [0.2, 0.25) is 0 Å². The normalized spacial score (nSPS) is 11.4. The molecule has 0 saturated carbocycles. The molecule has 0 spiro atoms. The van der Waals surface area contributed by atoms with E-state index in [9.17, 15) is 4.79 Å². The van der Waals surface area contributed by atoms with Crippen LogP contribution in [0.1, 0.15) is 33.3 Å². The highest BCUT2D eigenvalue weighted by molar-refractivity contribution is 5.77. The Morgan fingerprint density at radius 3 is 2.40 bits per heavy atom. The van der Waals surface area contributed by atoms with Crippen molar-refractivity contribution in [1.29, 1.82) is 0 Å². The summed E-state index contributed by atoms with van der Waals surface area (Å²) in [6.45, 7) is 8.63. The molecule has 0 atom stereocenters. The minimum Gasteiger partial charge on any atom is -0.448 e. The lowest BCUT2D eigenvalue weighted by molar-refractivity contribution is 0.151. The third-order valence-corrected chi connectivity index (χ3v) is 3.13. The van der Waals surface area contributed by atoms with Gasteiger partial charge in [-0.05, 0) is 24.0 Å².